The smallest absolute Gasteiger partial charge is 0.220 e. The molecule has 1 N–H and O–H groups in total. The summed E-state index contributed by atoms with van der Waals surface area (Å²) in [4.78, 5) is 27.2. The molecule has 0 saturated carbocycles. The second-order valence-electron chi connectivity index (χ2n) is 7.53. The standard InChI is InChI=1S/C24H30N2O3/c1-19-7-5-6-10-22(19)23(27)11-12-24(28)25-18-21(26-13-15-29-16-14-26)17-20-8-3-2-4-9-20/h2-10,21H,11-18H2,1H3,(H,25,28). The summed E-state index contributed by atoms with van der Waals surface area (Å²) >= 11 is 0. The molecule has 1 unspecified atom stereocenters. The first-order valence-electron chi connectivity index (χ1n) is 10.3. The van der Waals surface area contributed by atoms with Crippen molar-refractivity contribution in [2.45, 2.75) is 32.2 Å². The van der Waals surface area contributed by atoms with Crippen molar-refractivity contribution in [2.75, 3.05) is 32.8 Å². The van der Waals surface area contributed by atoms with E-state index in [9.17, 15) is 9.59 Å². The van der Waals surface area contributed by atoms with Gasteiger partial charge in [0.2, 0.25) is 5.91 Å². The molecule has 1 heterocycles. The molecule has 0 spiro atoms. The van der Waals surface area contributed by atoms with Gasteiger partial charge in [-0.1, -0.05) is 54.6 Å². The Bertz CT molecular complexity index is 801. The molecule has 0 radical (unpaired) electrons. The number of hydrogen-bond donors (Lipinski definition) is 1. The summed E-state index contributed by atoms with van der Waals surface area (Å²) in [6, 6.07) is 18.1. The number of morpholine rings is 1. The zero-order chi connectivity index (χ0) is 20.5. The van der Waals surface area contributed by atoms with Crippen LogP contribution in [0.5, 0.6) is 0 Å². The highest BCUT2D eigenvalue weighted by atomic mass is 16.5. The number of ether oxygens (including phenoxy) is 1. The maximum atomic E-state index is 12.4. The third-order valence-corrected chi connectivity index (χ3v) is 5.44. The Hall–Kier alpha value is -2.50. The van der Waals surface area contributed by atoms with Gasteiger partial charge in [-0.25, -0.2) is 0 Å². The highest BCUT2D eigenvalue weighted by molar-refractivity contribution is 5.99. The maximum Gasteiger partial charge on any atom is 0.220 e. The van der Waals surface area contributed by atoms with Crippen LogP contribution < -0.4 is 5.32 Å². The Morgan fingerprint density at radius 2 is 1.69 bits per heavy atom. The normalized spacial score (nSPS) is 15.6. The van der Waals surface area contributed by atoms with E-state index in [1.54, 1.807) is 0 Å². The number of nitrogens with zero attached hydrogens (tertiary/aromatic N) is 1. The summed E-state index contributed by atoms with van der Waals surface area (Å²) in [6.45, 7) is 5.70. The first-order chi connectivity index (χ1) is 14.1. The fraction of sp³-hybridized carbons (Fsp3) is 0.417. The molecule has 3 rings (SSSR count). The molecule has 1 saturated heterocycles. The molecule has 1 amide bonds. The van der Waals surface area contributed by atoms with Gasteiger partial charge in [0.15, 0.2) is 5.78 Å². The third kappa shape index (κ3) is 6.51. The van der Waals surface area contributed by atoms with Gasteiger partial charge in [-0.3, -0.25) is 14.5 Å². The lowest BCUT2D eigenvalue weighted by Gasteiger charge is -2.34. The number of amides is 1. The largest absolute Gasteiger partial charge is 0.379 e. The third-order valence-electron chi connectivity index (χ3n) is 5.44. The second kappa shape index (κ2) is 10.9. The fourth-order valence-corrected chi connectivity index (χ4v) is 3.73. The molecule has 0 aromatic heterocycles. The van der Waals surface area contributed by atoms with Crippen LogP contribution in [0.3, 0.4) is 0 Å². The number of carbonyl (C=O) groups is 2. The molecule has 0 bridgehead atoms. The lowest BCUT2D eigenvalue weighted by molar-refractivity contribution is -0.121. The van der Waals surface area contributed by atoms with Crippen LogP contribution in [0.25, 0.3) is 0 Å². The molecule has 2 aromatic carbocycles. The summed E-state index contributed by atoms with van der Waals surface area (Å²) in [5.41, 5.74) is 2.91. The number of carbonyl (C=O) groups excluding carboxylic acids is 2. The van der Waals surface area contributed by atoms with Gasteiger partial charge in [-0.15, -0.1) is 0 Å². The van der Waals surface area contributed by atoms with E-state index < -0.39 is 0 Å². The summed E-state index contributed by atoms with van der Waals surface area (Å²) < 4.78 is 5.48. The number of ketones is 1. The zero-order valence-corrected chi connectivity index (χ0v) is 17.1. The Morgan fingerprint density at radius 3 is 2.41 bits per heavy atom. The average molecular weight is 395 g/mol. The van der Waals surface area contributed by atoms with Crippen LogP contribution in [-0.4, -0.2) is 55.5 Å². The summed E-state index contributed by atoms with van der Waals surface area (Å²) in [5.74, 6) is -0.0504. The average Bonchev–Trinajstić information content (AvgIpc) is 2.76. The first kappa shape index (κ1) is 21.2. The number of hydrogen-bond acceptors (Lipinski definition) is 4. The molecule has 0 aliphatic carbocycles. The van der Waals surface area contributed by atoms with Crippen molar-refractivity contribution in [1.29, 1.82) is 0 Å². The molecule has 1 aliphatic rings. The number of Topliss-reactive ketones (excluding diaryl/α,β-unsaturated/α-hetero) is 1. The van der Waals surface area contributed by atoms with Crippen LogP contribution in [0.1, 0.15) is 34.3 Å². The van der Waals surface area contributed by atoms with Crippen molar-refractivity contribution in [3.63, 3.8) is 0 Å². The monoisotopic (exact) mass is 394 g/mol. The lowest BCUT2D eigenvalue weighted by Crippen LogP contribution is -2.49. The molecule has 1 fully saturated rings. The van der Waals surface area contributed by atoms with Crippen LogP contribution in [0.2, 0.25) is 0 Å². The maximum absolute atomic E-state index is 12.4. The van der Waals surface area contributed by atoms with E-state index in [0.29, 0.717) is 12.1 Å². The molecule has 1 atom stereocenters. The minimum Gasteiger partial charge on any atom is -0.379 e. The predicted molar refractivity (Wildman–Crippen MR) is 114 cm³/mol. The van der Waals surface area contributed by atoms with Crippen molar-refractivity contribution in [3.05, 3.63) is 71.3 Å². The van der Waals surface area contributed by atoms with Crippen LogP contribution in [0, 0.1) is 6.92 Å². The van der Waals surface area contributed by atoms with E-state index in [1.807, 2.05) is 49.4 Å². The van der Waals surface area contributed by atoms with Crippen molar-refractivity contribution >= 4 is 11.7 Å². The van der Waals surface area contributed by atoms with E-state index >= 15 is 0 Å². The summed E-state index contributed by atoms with van der Waals surface area (Å²) in [7, 11) is 0. The van der Waals surface area contributed by atoms with E-state index in [1.165, 1.54) is 5.56 Å². The Morgan fingerprint density at radius 1 is 1.00 bits per heavy atom. The van der Waals surface area contributed by atoms with E-state index in [4.69, 9.17) is 4.74 Å². The predicted octanol–water partition coefficient (Wildman–Crippen LogP) is 3.02. The zero-order valence-electron chi connectivity index (χ0n) is 17.1. The second-order valence-corrected chi connectivity index (χ2v) is 7.53. The van der Waals surface area contributed by atoms with E-state index in [2.05, 4.69) is 22.3 Å². The Labute approximate surface area is 173 Å². The van der Waals surface area contributed by atoms with Crippen LogP contribution >= 0.6 is 0 Å². The molecule has 154 valence electrons. The highest BCUT2D eigenvalue weighted by Gasteiger charge is 2.22. The van der Waals surface area contributed by atoms with Gasteiger partial charge in [0.05, 0.1) is 13.2 Å². The van der Waals surface area contributed by atoms with Crippen LogP contribution in [0.15, 0.2) is 54.6 Å². The van der Waals surface area contributed by atoms with Crippen molar-refractivity contribution < 1.29 is 14.3 Å². The van der Waals surface area contributed by atoms with Gasteiger partial charge in [0.25, 0.3) is 0 Å². The number of nitrogens with one attached hydrogen (secondary N) is 1. The van der Waals surface area contributed by atoms with Gasteiger partial charge in [0.1, 0.15) is 0 Å². The number of benzene rings is 2. The minimum atomic E-state index is -0.0711. The Kier molecular flexibility index (Phi) is 7.96. The van der Waals surface area contributed by atoms with Crippen LogP contribution in [0.4, 0.5) is 0 Å². The fourth-order valence-electron chi connectivity index (χ4n) is 3.73. The van der Waals surface area contributed by atoms with E-state index in [0.717, 1.165) is 38.3 Å². The van der Waals surface area contributed by atoms with Crippen molar-refractivity contribution in [3.8, 4) is 0 Å². The topological polar surface area (TPSA) is 58.6 Å². The minimum absolute atomic E-state index is 0.0206. The number of aryl methyl sites for hydroxylation is 1. The molecule has 5 heteroatoms. The Balaban J connectivity index is 1.52. The molecular weight excluding hydrogens is 364 g/mol. The van der Waals surface area contributed by atoms with Gasteiger partial charge in [0, 0.05) is 44.1 Å². The van der Waals surface area contributed by atoms with Gasteiger partial charge >= 0.3 is 0 Å². The molecule has 2 aromatic rings. The quantitative estimate of drug-likeness (QED) is 0.664. The van der Waals surface area contributed by atoms with Crippen molar-refractivity contribution in [1.82, 2.24) is 10.2 Å². The summed E-state index contributed by atoms with van der Waals surface area (Å²) in [6.07, 6.45) is 1.33. The molecular formula is C24H30N2O3. The van der Waals surface area contributed by atoms with E-state index in [-0.39, 0.29) is 30.6 Å². The van der Waals surface area contributed by atoms with Gasteiger partial charge in [-0.05, 0) is 24.5 Å². The summed E-state index contributed by atoms with van der Waals surface area (Å²) in [5, 5.41) is 3.05. The first-order valence-corrected chi connectivity index (χ1v) is 10.3. The number of rotatable bonds is 9. The van der Waals surface area contributed by atoms with Gasteiger partial charge < -0.3 is 10.1 Å². The molecule has 5 nitrogen and oxygen atoms in total. The lowest BCUT2D eigenvalue weighted by atomic mass is 10.0. The van der Waals surface area contributed by atoms with Crippen molar-refractivity contribution in [2.24, 2.45) is 0 Å². The SMILES string of the molecule is Cc1ccccc1C(=O)CCC(=O)NCC(Cc1ccccc1)N1CCOCC1. The van der Waals surface area contributed by atoms with Crippen LogP contribution in [-0.2, 0) is 16.0 Å². The van der Waals surface area contributed by atoms with Gasteiger partial charge in [-0.2, -0.15) is 0 Å². The molecule has 1 aliphatic heterocycles. The highest BCUT2D eigenvalue weighted by Crippen LogP contribution is 2.12. The molecule has 29 heavy (non-hydrogen) atoms.